The van der Waals surface area contributed by atoms with Crippen LogP contribution in [-0.2, 0) is 0 Å². The molecule has 0 aliphatic heterocycles. The van der Waals surface area contributed by atoms with E-state index < -0.39 is 0 Å². The molecule has 210 valence electrons. The first-order valence-corrected chi connectivity index (χ1v) is 15.8. The van der Waals surface area contributed by atoms with Gasteiger partial charge in [0.05, 0.1) is 27.8 Å². The topological polar surface area (TPSA) is 43.9 Å². The zero-order chi connectivity index (χ0) is 29.5. The predicted octanol–water partition coefficient (Wildman–Crippen LogP) is 11.2. The molecule has 6 aromatic carbocycles. The molecular weight excluding hydrogens is 571 g/mol. The highest BCUT2D eigenvalue weighted by atomic mass is 32.1. The smallest absolute Gasteiger partial charge is 0.231 e. The minimum Gasteiger partial charge on any atom is -0.438 e. The Morgan fingerprint density at radius 1 is 0.511 bits per heavy atom. The Balaban J connectivity index is 1.31. The van der Waals surface area contributed by atoms with Gasteiger partial charge in [0, 0.05) is 47.5 Å². The third-order valence-corrected chi connectivity index (χ3v) is 9.98. The molecule has 0 spiro atoms. The molecule has 0 fully saturated rings. The Bertz CT molecular complexity index is 2770. The molecule has 0 N–H and O–H groups in total. The van der Waals surface area contributed by atoms with Gasteiger partial charge in [0.2, 0.25) is 5.71 Å². The lowest BCUT2D eigenvalue weighted by Crippen LogP contribution is -2.00. The summed E-state index contributed by atoms with van der Waals surface area (Å²) in [5, 5.41) is 7.06. The van der Waals surface area contributed by atoms with Gasteiger partial charge in [-0.05, 0) is 42.5 Å². The molecule has 0 bridgehead atoms. The summed E-state index contributed by atoms with van der Waals surface area (Å²) in [6, 6.07) is 48.8. The van der Waals surface area contributed by atoms with Crippen LogP contribution in [0.2, 0.25) is 0 Å². The van der Waals surface area contributed by atoms with E-state index in [2.05, 4.69) is 108 Å². The van der Waals surface area contributed by atoms with Crippen molar-refractivity contribution in [2.24, 2.45) is 0 Å². The molecule has 10 rings (SSSR count). The van der Waals surface area contributed by atoms with Gasteiger partial charge in [0.1, 0.15) is 5.58 Å². The zero-order valence-electron chi connectivity index (χ0n) is 23.9. The maximum absolute atomic E-state index is 6.37. The minimum atomic E-state index is 0.587. The number of rotatable bonds is 3. The van der Waals surface area contributed by atoms with Crippen LogP contribution in [0.4, 0.5) is 0 Å². The Kier molecular flexibility index (Phi) is 5.12. The molecule has 45 heavy (non-hydrogen) atoms. The highest BCUT2D eigenvalue weighted by molar-refractivity contribution is 7.26. The fourth-order valence-electron chi connectivity index (χ4n) is 6.94. The second kappa shape index (κ2) is 9.36. The third kappa shape index (κ3) is 3.53. The van der Waals surface area contributed by atoms with Crippen molar-refractivity contribution in [1.82, 2.24) is 14.5 Å². The largest absolute Gasteiger partial charge is 0.438 e. The van der Waals surface area contributed by atoms with E-state index >= 15 is 0 Å². The average molecular weight is 594 g/mol. The summed E-state index contributed by atoms with van der Waals surface area (Å²) in [5.74, 6) is 0.629. The van der Waals surface area contributed by atoms with Crippen molar-refractivity contribution >= 4 is 75.4 Å². The SMILES string of the molecule is c1ccc(-c2nc(-c3ccccc3-n3c4ccccc4c4c5c(ccc43)sc3ccccc35)nc3oc4ccccc4c23)cc1. The molecule has 5 heteroatoms. The van der Waals surface area contributed by atoms with Crippen LogP contribution in [-0.4, -0.2) is 14.5 Å². The summed E-state index contributed by atoms with van der Waals surface area (Å²) in [6.45, 7) is 0. The number of hydrogen-bond donors (Lipinski definition) is 0. The van der Waals surface area contributed by atoms with Gasteiger partial charge in [-0.15, -0.1) is 11.3 Å². The van der Waals surface area contributed by atoms with E-state index in [-0.39, 0.29) is 0 Å². The number of furan rings is 1. The molecule has 0 aliphatic carbocycles. The van der Waals surface area contributed by atoms with E-state index in [1.807, 2.05) is 47.7 Å². The van der Waals surface area contributed by atoms with Crippen LogP contribution in [0.1, 0.15) is 0 Å². The fraction of sp³-hybridized carbons (Fsp3) is 0. The quantitative estimate of drug-likeness (QED) is 0.205. The van der Waals surface area contributed by atoms with Crippen molar-refractivity contribution in [3.8, 4) is 28.3 Å². The Labute approximate surface area is 261 Å². The summed E-state index contributed by atoms with van der Waals surface area (Å²) in [5.41, 5.74) is 7.56. The molecular formula is C40H23N3OS. The molecule has 10 aromatic rings. The Morgan fingerprint density at radius 2 is 1.24 bits per heavy atom. The number of thiophene rings is 1. The average Bonchev–Trinajstić information content (AvgIpc) is 3.77. The Morgan fingerprint density at radius 3 is 2.16 bits per heavy atom. The van der Waals surface area contributed by atoms with Crippen molar-refractivity contribution in [2.75, 3.05) is 0 Å². The fourth-order valence-corrected chi connectivity index (χ4v) is 8.05. The first-order valence-electron chi connectivity index (χ1n) is 15.0. The molecule has 0 saturated heterocycles. The molecule has 0 atom stereocenters. The third-order valence-electron chi connectivity index (χ3n) is 8.85. The lowest BCUT2D eigenvalue weighted by molar-refractivity contribution is 0.653. The van der Waals surface area contributed by atoms with Gasteiger partial charge in [0.15, 0.2) is 5.82 Å². The van der Waals surface area contributed by atoms with Crippen molar-refractivity contribution in [3.63, 3.8) is 0 Å². The van der Waals surface area contributed by atoms with Gasteiger partial charge in [0.25, 0.3) is 0 Å². The first-order chi connectivity index (χ1) is 22.3. The number of benzene rings is 6. The van der Waals surface area contributed by atoms with Gasteiger partial charge in [-0.1, -0.05) is 97.1 Å². The standard InChI is InChI=1S/C40H23N3OS/c1-2-12-24(13-3-1)38-37-27-16-6-10-20-32(27)44-40(37)42-39(41-38)26-15-5-9-19-30(26)43-29-18-8-4-14-25(29)35-31(43)22-23-34-36(35)28-17-7-11-21-33(28)45-34/h1-23H. The number of hydrogen-bond acceptors (Lipinski definition) is 4. The highest BCUT2D eigenvalue weighted by Gasteiger charge is 2.22. The molecule has 0 amide bonds. The summed E-state index contributed by atoms with van der Waals surface area (Å²) >= 11 is 1.85. The highest BCUT2D eigenvalue weighted by Crippen LogP contribution is 2.44. The first kappa shape index (κ1) is 24.6. The van der Waals surface area contributed by atoms with Crippen molar-refractivity contribution in [1.29, 1.82) is 0 Å². The van der Waals surface area contributed by atoms with E-state index in [1.54, 1.807) is 0 Å². The number of aromatic nitrogens is 3. The van der Waals surface area contributed by atoms with Crippen molar-refractivity contribution in [3.05, 3.63) is 140 Å². The van der Waals surface area contributed by atoms with E-state index in [4.69, 9.17) is 14.4 Å². The van der Waals surface area contributed by atoms with E-state index in [0.717, 1.165) is 49.9 Å². The van der Waals surface area contributed by atoms with Gasteiger partial charge < -0.3 is 8.98 Å². The van der Waals surface area contributed by atoms with Gasteiger partial charge in [-0.2, -0.15) is 4.98 Å². The minimum absolute atomic E-state index is 0.587. The summed E-state index contributed by atoms with van der Waals surface area (Å²) < 4.78 is 11.3. The molecule has 0 radical (unpaired) electrons. The normalized spacial score (nSPS) is 12.0. The summed E-state index contributed by atoms with van der Waals surface area (Å²) in [7, 11) is 0. The molecule has 0 unspecified atom stereocenters. The van der Waals surface area contributed by atoms with E-state index in [0.29, 0.717) is 11.5 Å². The number of nitrogens with zero attached hydrogens (tertiary/aromatic N) is 3. The second-order valence-corrected chi connectivity index (χ2v) is 12.4. The maximum Gasteiger partial charge on any atom is 0.231 e. The lowest BCUT2D eigenvalue weighted by Gasteiger charge is -2.14. The molecule has 4 aromatic heterocycles. The maximum atomic E-state index is 6.37. The van der Waals surface area contributed by atoms with Crippen LogP contribution in [0.25, 0.3) is 92.4 Å². The van der Waals surface area contributed by atoms with Crippen molar-refractivity contribution in [2.45, 2.75) is 0 Å². The van der Waals surface area contributed by atoms with E-state index in [9.17, 15) is 0 Å². The zero-order valence-corrected chi connectivity index (χ0v) is 24.8. The predicted molar refractivity (Wildman–Crippen MR) is 187 cm³/mol. The van der Waals surface area contributed by atoms with Crippen LogP contribution in [0.3, 0.4) is 0 Å². The van der Waals surface area contributed by atoms with Crippen LogP contribution >= 0.6 is 11.3 Å². The molecule has 4 nitrogen and oxygen atoms in total. The second-order valence-electron chi connectivity index (χ2n) is 11.3. The number of para-hydroxylation sites is 3. The number of fused-ring (bicyclic) bond motifs is 10. The van der Waals surface area contributed by atoms with Gasteiger partial charge in [-0.25, -0.2) is 4.98 Å². The van der Waals surface area contributed by atoms with Gasteiger partial charge in [-0.3, -0.25) is 0 Å². The van der Waals surface area contributed by atoms with Crippen molar-refractivity contribution < 1.29 is 4.42 Å². The molecule has 4 heterocycles. The molecule has 0 aliphatic rings. The van der Waals surface area contributed by atoms with Crippen LogP contribution in [0, 0.1) is 0 Å². The van der Waals surface area contributed by atoms with Crippen LogP contribution < -0.4 is 0 Å². The summed E-state index contributed by atoms with van der Waals surface area (Å²) in [6.07, 6.45) is 0. The van der Waals surface area contributed by atoms with Crippen LogP contribution in [0.5, 0.6) is 0 Å². The lowest BCUT2D eigenvalue weighted by atomic mass is 10.1. The monoisotopic (exact) mass is 593 g/mol. The Hall–Kier alpha value is -5.78. The molecule has 0 saturated carbocycles. The van der Waals surface area contributed by atoms with Gasteiger partial charge >= 0.3 is 0 Å². The van der Waals surface area contributed by atoms with Crippen LogP contribution in [0.15, 0.2) is 144 Å². The van der Waals surface area contributed by atoms with E-state index in [1.165, 1.54) is 30.9 Å². The summed E-state index contributed by atoms with van der Waals surface area (Å²) in [4.78, 5) is 10.4.